The van der Waals surface area contributed by atoms with Crippen LogP contribution < -0.4 is 10.7 Å². The zero-order valence-electron chi connectivity index (χ0n) is 16.2. The van der Waals surface area contributed by atoms with Crippen molar-refractivity contribution in [2.45, 2.75) is 50.6 Å². The SMILES string of the molecule is C#CCN(CCC(=O)NN1C(=O)NC2(CCCCC2)C1=O)Cc1ccc(F)cc1. The van der Waals surface area contributed by atoms with Crippen LogP contribution in [0.4, 0.5) is 9.18 Å². The van der Waals surface area contributed by atoms with Gasteiger partial charge in [-0.2, -0.15) is 5.01 Å². The highest BCUT2D eigenvalue weighted by molar-refractivity contribution is 6.08. The minimum Gasteiger partial charge on any atom is -0.322 e. The summed E-state index contributed by atoms with van der Waals surface area (Å²) in [5.74, 6) is 1.39. The highest BCUT2D eigenvalue weighted by Gasteiger charge is 2.52. The first-order valence-corrected chi connectivity index (χ1v) is 9.80. The van der Waals surface area contributed by atoms with E-state index in [9.17, 15) is 18.8 Å². The van der Waals surface area contributed by atoms with Gasteiger partial charge in [0.2, 0.25) is 5.91 Å². The summed E-state index contributed by atoms with van der Waals surface area (Å²) in [6.07, 6.45) is 9.44. The molecule has 1 heterocycles. The molecular weight excluding hydrogens is 375 g/mol. The predicted octanol–water partition coefficient (Wildman–Crippen LogP) is 1.94. The van der Waals surface area contributed by atoms with Crippen molar-refractivity contribution in [2.75, 3.05) is 13.1 Å². The molecule has 2 aliphatic rings. The molecule has 0 radical (unpaired) electrons. The molecule has 2 fully saturated rings. The van der Waals surface area contributed by atoms with Crippen LogP contribution in [0, 0.1) is 18.2 Å². The summed E-state index contributed by atoms with van der Waals surface area (Å²) in [4.78, 5) is 39.1. The molecule has 4 amide bonds. The number of halogens is 1. The molecule has 1 saturated carbocycles. The van der Waals surface area contributed by atoms with Crippen LogP contribution in [-0.2, 0) is 16.1 Å². The average Bonchev–Trinajstić information content (AvgIpc) is 2.92. The van der Waals surface area contributed by atoms with Gasteiger partial charge in [-0.05, 0) is 30.5 Å². The van der Waals surface area contributed by atoms with E-state index in [0.717, 1.165) is 29.8 Å². The Morgan fingerprint density at radius 3 is 2.59 bits per heavy atom. The van der Waals surface area contributed by atoms with Crippen molar-refractivity contribution < 1.29 is 18.8 Å². The summed E-state index contributed by atoms with van der Waals surface area (Å²) in [6, 6.07) is 5.48. The van der Waals surface area contributed by atoms with Gasteiger partial charge in [0, 0.05) is 19.5 Å². The lowest BCUT2D eigenvalue weighted by atomic mass is 9.82. The van der Waals surface area contributed by atoms with E-state index >= 15 is 0 Å². The fraction of sp³-hybridized carbons (Fsp3) is 0.476. The average molecular weight is 400 g/mol. The van der Waals surface area contributed by atoms with Crippen molar-refractivity contribution in [3.63, 3.8) is 0 Å². The molecule has 29 heavy (non-hydrogen) atoms. The zero-order valence-corrected chi connectivity index (χ0v) is 16.2. The third kappa shape index (κ3) is 4.93. The third-order valence-corrected chi connectivity index (χ3v) is 5.39. The lowest BCUT2D eigenvalue weighted by Gasteiger charge is -2.30. The van der Waals surface area contributed by atoms with E-state index in [-0.39, 0.29) is 18.1 Å². The van der Waals surface area contributed by atoms with E-state index in [1.54, 1.807) is 12.1 Å². The van der Waals surface area contributed by atoms with Crippen LogP contribution in [0.3, 0.4) is 0 Å². The lowest BCUT2D eigenvalue weighted by molar-refractivity contribution is -0.140. The Bertz CT molecular complexity index is 812. The standard InChI is InChI=1S/C21H25FN4O3/c1-2-13-25(15-16-6-8-17(22)9-7-16)14-10-18(27)24-26-19(28)21(23-20(26)29)11-4-3-5-12-21/h1,6-9H,3-5,10-15H2,(H,23,29)(H,24,27). The van der Waals surface area contributed by atoms with Gasteiger partial charge in [0.15, 0.2) is 0 Å². The van der Waals surface area contributed by atoms with E-state index < -0.39 is 17.5 Å². The van der Waals surface area contributed by atoms with Gasteiger partial charge in [0.1, 0.15) is 11.4 Å². The second kappa shape index (κ2) is 9.05. The number of imide groups is 1. The number of terminal acetylenes is 1. The smallest absolute Gasteiger partial charge is 0.322 e. The zero-order chi connectivity index (χ0) is 20.9. The lowest BCUT2D eigenvalue weighted by Crippen LogP contribution is -2.51. The number of benzene rings is 1. The summed E-state index contributed by atoms with van der Waals surface area (Å²) in [5.41, 5.74) is 2.42. The molecule has 1 aliphatic heterocycles. The second-order valence-electron chi connectivity index (χ2n) is 7.54. The van der Waals surface area contributed by atoms with Crippen LogP contribution in [0.15, 0.2) is 24.3 Å². The minimum atomic E-state index is -0.874. The number of nitrogens with zero attached hydrogens (tertiary/aromatic N) is 2. The third-order valence-electron chi connectivity index (χ3n) is 5.39. The van der Waals surface area contributed by atoms with Gasteiger partial charge in [0.25, 0.3) is 5.91 Å². The van der Waals surface area contributed by atoms with Crippen molar-refractivity contribution in [1.82, 2.24) is 20.7 Å². The maximum atomic E-state index is 13.1. The Kier molecular flexibility index (Phi) is 6.49. The normalized spacial score (nSPS) is 18.0. The molecule has 1 aliphatic carbocycles. The van der Waals surface area contributed by atoms with Crippen molar-refractivity contribution in [3.05, 3.63) is 35.6 Å². The minimum absolute atomic E-state index is 0.0624. The fourth-order valence-corrected chi connectivity index (χ4v) is 3.85. The molecule has 154 valence electrons. The van der Waals surface area contributed by atoms with Gasteiger partial charge in [0.05, 0.1) is 6.54 Å². The van der Waals surface area contributed by atoms with Gasteiger partial charge in [-0.1, -0.05) is 37.3 Å². The van der Waals surface area contributed by atoms with E-state index in [2.05, 4.69) is 16.7 Å². The van der Waals surface area contributed by atoms with Crippen LogP contribution in [0.2, 0.25) is 0 Å². The Morgan fingerprint density at radius 2 is 1.93 bits per heavy atom. The fourth-order valence-electron chi connectivity index (χ4n) is 3.85. The first-order chi connectivity index (χ1) is 13.9. The summed E-state index contributed by atoms with van der Waals surface area (Å²) in [5, 5.41) is 3.56. The largest absolute Gasteiger partial charge is 0.344 e. The van der Waals surface area contributed by atoms with Crippen LogP contribution in [0.25, 0.3) is 0 Å². The number of rotatable bonds is 7. The number of hydrogen-bond donors (Lipinski definition) is 2. The van der Waals surface area contributed by atoms with Gasteiger partial charge in [-0.3, -0.25) is 19.9 Å². The number of amides is 4. The maximum absolute atomic E-state index is 13.1. The number of carbonyl (C=O) groups is 3. The van der Waals surface area contributed by atoms with E-state index in [1.165, 1.54) is 12.1 Å². The van der Waals surface area contributed by atoms with Gasteiger partial charge < -0.3 is 5.32 Å². The van der Waals surface area contributed by atoms with E-state index in [0.29, 0.717) is 32.5 Å². The van der Waals surface area contributed by atoms with E-state index in [4.69, 9.17) is 6.42 Å². The first kappa shape index (κ1) is 20.8. The Hall–Kier alpha value is -2.92. The summed E-state index contributed by atoms with van der Waals surface area (Å²) < 4.78 is 13.1. The summed E-state index contributed by atoms with van der Waals surface area (Å²) in [7, 11) is 0. The Labute approximate surface area is 169 Å². The molecule has 0 aromatic heterocycles. The molecule has 7 nitrogen and oxygen atoms in total. The van der Waals surface area contributed by atoms with Gasteiger partial charge in [-0.25, -0.2) is 9.18 Å². The molecule has 0 unspecified atom stereocenters. The number of carbonyl (C=O) groups excluding carboxylic acids is 3. The van der Waals surface area contributed by atoms with Gasteiger partial charge in [-0.15, -0.1) is 6.42 Å². The van der Waals surface area contributed by atoms with Crippen molar-refractivity contribution >= 4 is 17.8 Å². The number of urea groups is 1. The Balaban J connectivity index is 1.53. The number of nitrogens with one attached hydrogen (secondary N) is 2. The van der Waals surface area contributed by atoms with Crippen LogP contribution in [0.1, 0.15) is 44.1 Å². The molecule has 0 bridgehead atoms. The molecule has 3 rings (SSSR count). The topological polar surface area (TPSA) is 81.8 Å². The first-order valence-electron chi connectivity index (χ1n) is 9.80. The van der Waals surface area contributed by atoms with Crippen LogP contribution in [0.5, 0.6) is 0 Å². The molecule has 1 aromatic rings. The summed E-state index contributed by atoms with van der Waals surface area (Å²) in [6.45, 7) is 1.11. The molecule has 8 heteroatoms. The quantitative estimate of drug-likeness (QED) is 0.541. The highest BCUT2D eigenvalue weighted by Crippen LogP contribution is 2.32. The molecule has 2 N–H and O–H groups in total. The number of hydrogen-bond acceptors (Lipinski definition) is 4. The molecular formula is C21H25FN4O3. The van der Waals surface area contributed by atoms with E-state index in [1.807, 2.05) is 4.90 Å². The van der Waals surface area contributed by atoms with Crippen LogP contribution in [-0.4, -0.2) is 46.4 Å². The predicted molar refractivity (Wildman–Crippen MR) is 104 cm³/mol. The monoisotopic (exact) mass is 400 g/mol. The molecule has 0 atom stereocenters. The molecule has 1 spiro atoms. The number of hydrazine groups is 1. The van der Waals surface area contributed by atoms with Crippen LogP contribution >= 0.6 is 0 Å². The summed E-state index contributed by atoms with van der Waals surface area (Å²) >= 11 is 0. The molecule has 1 aromatic carbocycles. The van der Waals surface area contributed by atoms with Crippen molar-refractivity contribution in [1.29, 1.82) is 0 Å². The highest BCUT2D eigenvalue weighted by atomic mass is 19.1. The Morgan fingerprint density at radius 1 is 1.24 bits per heavy atom. The molecule has 1 saturated heterocycles. The van der Waals surface area contributed by atoms with Crippen molar-refractivity contribution in [3.8, 4) is 12.3 Å². The van der Waals surface area contributed by atoms with Gasteiger partial charge >= 0.3 is 6.03 Å². The maximum Gasteiger partial charge on any atom is 0.344 e. The second-order valence-corrected chi connectivity index (χ2v) is 7.54. The van der Waals surface area contributed by atoms with Crippen molar-refractivity contribution in [2.24, 2.45) is 0 Å².